The van der Waals surface area contributed by atoms with Gasteiger partial charge in [-0.1, -0.05) is 71.3 Å². The zero-order valence-electron chi connectivity index (χ0n) is 23.6. The topological polar surface area (TPSA) is 106 Å². The third-order valence-corrected chi connectivity index (χ3v) is 13.1. The summed E-state index contributed by atoms with van der Waals surface area (Å²) < 4.78 is 7.14. The maximum Gasteiger partial charge on any atom is 0.408 e. The van der Waals surface area contributed by atoms with Crippen LogP contribution in [0.4, 0.5) is 10.5 Å². The quantitative estimate of drug-likeness (QED) is 0.159. The second kappa shape index (κ2) is 10.6. The Morgan fingerprint density at radius 1 is 1.21 bits per heavy atom. The molecule has 1 aliphatic heterocycles. The normalized spacial score (nSPS) is 21.4. The number of likely N-dealkylation sites (tertiary alicyclic amines) is 1. The van der Waals surface area contributed by atoms with Crippen LogP contribution in [-0.2, 0) is 10.8 Å². The molecule has 1 saturated heterocycles. The number of rotatable bonds is 7. The van der Waals surface area contributed by atoms with Gasteiger partial charge in [0.1, 0.15) is 5.15 Å². The monoisotopic (exact) mass is 561 g/mol. The minimum atomic E-state index is -2.38. The molecule has 2 aromatic rings. The zero-order chi connectivity index (χ0) is 28.7. The predicted octanol–water partition coefficient (Wildman–Crippen LogP) is 7.88. The van der Waals surface area contributed by atoms with Crippen LogP contribution in [0.1, 0.15) is 71.6 Å². The summed E-state index contributed by atoms with van der Waals surface area (Å²) in [4.78, 5) is 29.7. The smallest absolute Gasteiger partial charge is 0.408 e. The van der Waals surface area contributed by atoms with Crippen molar-refractivity contribution in [2.24, 2.45) is 5.41 Å². The Kier molecular flexibility index (Phi) is 8.37. The van der Waals surface area contributed by atoms with Crippen LogP contribution in [0.15, 0.2) is 42.6 Å². The number of hydrogen-bond acceptors (Lipinski definition) is 5. The first-order valence-electron chi connectivity index (χ1n) is 13.0. The molecule has 0 bridgehead atoms. The number of nitro groups is 1. The number of aromatic nitrogens is 1. The highest BCUT2D eigenvalue weighted by atomic mass is 35.5. The number of carbonyl (C=O) groups is 1. The first kappa shape index (κ1) is 30.1. The molecule has 1 N–H and O–H groups in total. The number of hydrogen-bond donors (Lipinski definition) is 1. The van der Waals surface area contributed by atoms with Crippen molar-refractivity contribution >= 4 is 31.7 Å². The maximum atomic E-state index is 13.1. The van der Waals surface area contributed by atoms with E-state index in [0.717, 1.165) is 11.1 Å². The van der Waals surface area contributed by atoms with Gasteiger partial charge in [-0.05, 0) is 54.4 Å². The van der Waals surface area contributed by atoms with E-state index >= 15 is 0 Å². The first-order valence-corrected chi connectivity index (χ1v) is 16.2. The van der Waals surface area contributed by atoms with Crippen molar-refractivity contribution in [1.29, 1.82) is 0 Å². The minimum absolute atomic E-state index is 0.0115. The highest BCUT2D eigenvalue weighted by Crippen LogP contribution is 2.56. The number of pyridine rings is 1. The average Bonchev–Trinajstić information content (AvgIpc) is 3.18. The fourth-order valence-corrected chi connectivity index (χ4v) is 6.74. The highest BCUT2D eigenvalue weighted by Gasteiger charge is 2.61. The van der Waals surface area contributed by atoms with Gasteiger partial charge in [-0.2, -0.15) is 0 Å². The van der Waals surface area contributed by atoms with Gasteiger partial charge in [-0.15, -0.1) is 0 Å². The zero-order valence-corrected chi connectivity index (χ0v) is 25.4. The molecule has 2 heterocycles. The van der Waals surface area contributed by atoms with Gasteiger partial charge in [-0.25, -0.2) is 9.78 Å². The summed E-state index contributed by atoms with van der Waals surface area (Å²) in [6, 6.07) is 9.65. The summed E-state index contributed by atoms with van der Waals surface area (Å²) in [5, 5.41) is 22.1. The molecule has 1 fully saturated rings. The average molecular weight is 562 g/mol. The van der Waals surface area contributed by atoms with Crippen LogP contribution in [0.25, 0.3) is 0 Å². The molecule has 3 rings (SSSR count). The van der Waals surface area contributed by atoms with Crippen molar-refractivity contribution < 1.29 is 19.3 Å². The van der Waals surface area contributed by atoms with Gasteiger partial charge in [0.2, 0.25) is 0 Å². The van der Waals surface area contributed by atoms with Crippen LogP contribution in [0.2, 0.25) is 23.3 Å². The molecule has 0 radical (unpaired) electrons. The third kappa shape index (κ3) is 5.74. The van der Waals surface area contributed by atoms with Gasteiger partial charge in [0.15, 0.2) is 8.32 Å². The molecule has 0 unspecified atom stereocenters. The van der Waals surface area contributed by atoms with E-state index in [1.165, 1.54) is 12.1 Å². The van der Waals surface area contributed by atoms with Crippen LogP contribution in [0.3, 0.4) is 0 Å². The lowest BCUT2D eigenvalue weighted by Crippen LogP contribution is -2.63. The lowest BCUT2D eigenvalue weighted by atomic mass is 9.67. The van der Waals surface area contributed by atoms with E-state index in [-0.39, 0.29) is 16.8 Å². The van der Waals surface area contributed by atoms with Crippen LogP contribution < -0.4 is 0 Å². The van der Waals surface area contributed by atoms with Crippen molar-refractivity contribution in [3.63, 3.8) is 0 Å². The second-order valence-electron chi connectivity index (χ2n) is 12.8. The van der Waals surface area contributed by atoms with E-state index in [9.17, 15) is 20.0 Å². The van der Waals surface area contributed by atoms with E-state index in [1.54, 1.807) is 29.3 Å². The summed E-state index contributed by atoms with van der Waals surface area (Å²) in [6.07, 6.45) is 1.83. The molecule has 1 amide bonds. The molecular weight excluding hydrogens is 522 g/mol. The molecule has 1 aliphatic rings. The van der Waals surface area contributed by atoms with Gasteiger partial charge in [-0.3, -0.25) is 15.0 Å². The molecule has 3 atom stereocenters. The Hall–Kier alpha value is -2.49. The van der Waals surface area contributed by atoms with Gasteiger partial charge in [0.25, 0.3) is 5.69 Å². The van der Waals surface area contributed by atoms with E-state index < -0.39 is 36.4 Å². The van der Waals surface area contributed by atoms with Crippen LogP contribution in [0, 0.1) is 15.5 Å². The third-order valence-electron chi connectivity index (χ3n) is 8.48. The minimum Gasteiger partial charge on any atom is -0.465 e. The number of benzene rings is 1. The van der Waals surface area contributed by atoms with Gasteiger partial charge in [0, 0.05) is 29.9 Å². The summed E-state index contributed by atoms with van der Waals surface area (Å²) in [7, 11) is -2.38. The second-order valence-corrected chi connectivity index (χ2v) is 18.0. The molecule has 208 valence electrons. The lowest BCUT2D eigenvalue weighted by molar-refractivity contribution is -0.384. The lowest BCUT2D eigenvalue weighted by Gasteiger charge is -2.55. The number of nitrogens with zero attached hydrogens (tertiary/aromatic N) is 3. The molecule has 0 aliphatic carbocycles. The number of nitro benzene ring substituents is 1. The van der Waals surface area contributed by atoms with E-state index in [4.69, 9.17) is 16.0 Å². The molecule has 10 heteroatoms. The Morgan fingerprint density at radius 2 is 1.82 bits per heavy atom. The van der Waals surface area contributed by atoms with Gasteiger partial charge < -0.3 is 9.53 Å². The SMILES string of the molecule is CC(C)(C)[C@@]1([C@H](O[Si](C)(C)C(C)(C)C)c2ccc(Cl)nc2)CC[C@H](Cc2ccc([N+](=O)[O-])cc2)N1C(=O)O. The number of carboxylic acid groups (broad SMARTS) is 1. The molecule has 1 aromatic carbocycles. The van der Waals surface area contributed by atoms with Crippen molar-refractivity contribution in [3.05, 3.63) is 69.0 Å². The number of halogens is 1. The highest BCUT2D eigenvalue weighted by molar-refractivity contribution is 6.74. The molecule has 1 aromatic heterocycles. The summed E-state index contributed by atoms with van der Waals surface area (Å²) >= 11 is 6.14. The Labute approximate surface area is 231 Å². The summed E-state index contributed by atoms with van der Waals surface area (Å²) in [6.45, 7) is 17.1. The number of amides is 1. The predicted molar refractivity (Wildman–Crippen MR) is 152 cm³/mol. The Bertz CT molecular complexity index is 1160. The summed E-state index contributed by atoms with van der Waals surface area (Å²) in [5.74, 6) is 0. The summed E-state index contributed by atoms with van der Waals surface area (Å²) in [5.41, 5.74) is 0.276. The van der Waals surface area contributed by atoms with Crippen molar-refractivity contribution in [2.45, 2.75) is 96.6 Å². The molecule has 38 heavy (non-hydrogen) atoms. The van der Waals surface area contributed by atoms with Crippen LogP contribution in [0.5, 0.6) is 0 Å². The van der Waals surface area contributed by atoms with Crippen LogP contribution in [-0.4, -0.2) is 45.9 Å². The Morgan fingerprint density at radius 3 is 2.26 bits per heavy atom. The van der Waals surface area contributed by atoms with Gasteiger partial charge >= 0.3 is 6.09 Å². The molecular formula is C28H40ClN3O5Si. The van der Waals surface area contributed by atoms with Gasteiger partial charge in [0.05, 0.1) is 16.6 Å². The van der Waals surface area contributed by atoms with Crippen molar-refractivity contribution in [2.75, 3.05) is 0 Å². The van der Waals surface area contributed by atoms with Crippen molar-refractivity contribution in [1.82, 2.24) is 9.88 Å². The van der Waals surface area contributed by atoms with Crippen molar-refractivity contribution in [3.8, 4) is 0 Å². The molecule has 0 spiro atoms. The van der Waals surface area contributed by atoms with Crippen LogP contribution >= 0.6 is 11.6 Å². The van der Waals surface area contributed by atoms with E-state index in [1.807, 2.05) is 6.07 Å². The fraction of sp³-hybridized carbons (Fsp3) is 0.571. The first-order chi connectivity index (χ1) is 17.4. The fourth-order valence-electron chi connectivity index (χ4n) is 5.35. The van der Waals surface area contributed by atoms with E-state index in [2.05, 4.69) is 59.6 Å². The molecule has 8 nitrogen and oxygen atoms in total. The van der Waals surface area contributed by atoms with E-state index in [0.29, 0.717) is 24.4 Å². The standard InChI is InChI=1S/C28H40ClN3O5Si/c1-26(2,3)28(24(20-11-14-23(29)30-18-20)37-38(7,8)27(4,5)6)16-15-22(31(28)25(33)34)17-19-9-12-21(13-10-19)32(35)36/h9-14,18,22,24H,15-17H2,1-8H3,(H,33,34)/t22-,24-,28+/m1/s1. The maximum absolute atomic E-state index is 13.1. The Balaban J connectivity index is 2.16. The largest absolute Gasteiger partial charge is 0.465 e. The number of non-ortho nitro benzene ring substituents is 1. The molecule has 0 saturated carbocycles.